The third-order valence-electron chi connectivity index (χ3n) is 7.22. The first-order valence-corrected chi connectivity index (χ1v) is 14.6. The lowest BCUT2D eigenvalue weighted by Gasteiger charge is -2.41. The molecule has 1 fully saturated rings. The van der Waals surface area contributed by atoms with E-state index in [-0.39, 0.29) is 4.90 Å². The molecule has 0 unspecified atom stereocenters. The molecular weight excluding hydrogens is 504 g/mol. The number of hydrogen-bond acceptors (Lipinski definition) is 10. The number of fused-ring (bicyclic) bond motifs is 2. The van der Waals surface area contributed by atoms with Crippen molar-refractivity contribution >= 4 is 44.3 Å². The zero-order valence-corrected chi connectivity index (χ0v) is 22.5. The number of nitrogens with zero attached hydrogens (tertiary/aromatic N) is 5. The molecule has 6 rings (SSSR count). The van der Waals surface area contributed by atoms with Gasteiger partial charge in [0.1, 0.15) is 18.5 Å². The summed E-state index contributed by atoms with van der Waals surface area (Å²) in [5, 5.41) is 3.32. The predicted molar refractivity (Wildman–Crippen MR) is 146 cm³/mol. The zero-order chi connectivity index (χ0) is 26.4. The van der Waals surface area contributed by atoms with E-state index in [9.17, 15) is 8.42 Å². The first kappa shape index (κ1) is 24.5. The van der Waals surface area contributed by atoms with E-state index >= 15 is 0 Å². The fourth-order valence-electron chi connectivity index (χ4n) is 5.16. The van der Waals surface area contributed by atoms with E-state index < -0.39 is 9.84 Å². The van der Waals surface area contributed by atoms with Gasteiger partial charge in [0.25, 0.3) is 6.01 Å². The second-order valence-electron chi connectivity index (χ2n) is 9.98. The Kier molecular flexibility index (Phi) is 6.10. The minimum Gasteiger partial charge on any atom is -0.485 e. The van der Waals surface area contributed by atoms with Gasteiger partial charge in [-0.3, -0.25) is 0 Å². The molecule has 10 nitrogen and oxygen atoms in total. The van der Waals surface area contributed by atoms with Crippen molar-refractivity contribution in [1.29, 1.82) is 0 Å². The second-order valence-corrected chi connectivity index (χ2v) is 12.0. The molecule has 0 atom stereocenters. The van der Waals surface area contributed by atoms with Crippen LogP contribution in [0, 0.1) is 13.8 Å². The first-order chi connectivity index (χ1) is 18.3. The van der Waals surface area contributed by atoms with Crippen LogP contribution in [-0.2, 0) is 9.84 Å². The Morgan fingerprint density at radius 2 is 1.84 bits per heavy atom. The SMILES string of the molecule is Cc1ccc2oc(N3CCC(N4CCOc5c(Nc6ccc(S(C)(=O)=O)cc6C)ncnc54)CC3)nc2c1. The van der Waals surface area contributed by atoms with Gasteiger partial charge in [0.2, 0.25) is 5.75 Å². The van der Waals surface area contributed by atoms with Crippen molar-refractivity contribution in [1.82, 2.24) is 15.0 Å². The van der Waals surface area contributed by atoms with E-state index in [1.165, 1.54) is 11.8 Å². The number of rotatable bonds is 5. The summed E-state index contributed by atoms with van der Waals surface area (Å²) in [5.74, 6) is 1.95. The summed E-state index contributed by atoms with van der Waals surface area (Å²) in [4.78, 5) is 18.5. The zero-order valence-electron chi connectivity index (χ0n) is 21.6. The van der Waals surface area contributed by atoms with E-state index in [1.807, 2.05) is 25.1 Å². The molecular formula is C27H30N6O4S. The van der Waals surface area contributed by atoms with Gasteiger partial charge in [-0.2, -0.15) is 4.98 Å². The highest BCUT2D eigenvalue weighted by molar-refractivity contribution is 7.90. The van der Waals surface area contributed by atoms with Gasteiger partial charge in [-0.05, 0) is 68.1 Å². The van der Waals surface area contributed by atoms with Crippen LogP contribution in [0.25, 0.3) is 11.1 Å². The first-order valence-electron chi connectivity index (χ1n) is 12.7. The van der Waals surface area contributed by atoms with Crippen LogP contribution in [0.1, 0.15) is 24.0 Å². The molecule has 2 aromatic heterocycles. The number of sulfone groups is 1. The molecule has 0 spiro atoms. The van der Waals surface area contributed by atoms with Gasteiger partial charge in [-0.15, -0.1) is 0 Å². The maximum atomic E-state index is 11.9. The van der Waals surface area contributed by atoms with Crippen LogP contribution in [0.4, 0.5) is 23.3 Å². The largest absolute Gasteiger partial charge is 0.485 e. The summed E-state index contributed by atoms with van der Waals surface area (Å²) in [5.41, 5.74) is 4.43. The molecule has 2 aromatic carbocycles. The third-order valence-corrected chi connectivity index (χ3v) is 8.33. The van der Waals surface area contributed by atoms with E-state index in [0.29, 0.717) is 30.2 Å². The molecule has 198 valence electrons. The minimum atomic E-state index is -3.28. The summed E-state index contributed by atoms with van der Waals surface area (Å²) in [6.07, 6.45) is 4.63. The molecule has 4 heterocycles. The fourth-order valence-corrected chi connectivity index (χ4v) is 5.87. The van der Waals surface area contributed by atoms with Crippen LogP contribution in [0.2, 0.25) is 0 Å². The molecule has 0 bridgehead atoms. The Labute approximate surface area is 221 Å². The normalized spacial score (nSPS) is 16.4. The number of piperidine rings is 1. The number of ether oxygens (including phenoxy) is 1. The van der Waals surface area contributed by atoms with E-state index in [2.05, 4.69) is 32.0 Å². The van der Waals surface area contributed by atoms with Crippen LogP contribution in [-0.4, -0.2) is 61.9 Å². The van der Waals surface area contributed by atoms with Crippen molar-refractivity contribution in [3.8, 4) is 5.75 Å². The van der Waals surface area contributed by atoms with Gasteiger partial charge in [0.15, 0.2) is 27.1 Å². The van der Waals surface area contributed by atoms with Crippen LogP contribution in [0.15, 0.2) is 52.0 Å². The topological polar surface area (TPSA) is 114 Å². The summed E-state index contributed by atoms with van der Waals surface area (Å²) >= 11 is 0. The van der Waals surface area contributed by atoms with Crippen molar-refractivity contribution in [3.05, 3.63) is 53.9 Å². The van der Waals surface area contributed by atoms with E-state index in [0.717, 1.165) is 60.6 Å². The van der Waals surface area contributed by atoms with Gasteiger partial charge in [0.05, 0.1) is 11.4 Å². The molecule has 0 amide bonds. The highest BCUT2D eigenvalue weighted by Gasteiger charge is 2.32. The van der Waals surface area contributed by atoms with Crippen molar-refractivity contribution in [2.45, 2.75) is 37.6 Å². The smallest absolute Gasteiger partial charge is 0.298 e. The average molecular weight is 535 g/mol. The highest BCUT2D eigenvalue weighted by Crippen LogP contribution is 2.39. The molecule has 2 aliphatic heterocycles. The van der Waals surface area contributed by atoms with Crippen molar-refractivity contribution < 1.29 is 17.6 Å². The molecule has 2 aliphatic rings. The van der Waals surface area contributed by atoms with Crippen molar-refractivity contribution in [3.63, 3.8) is 0 Å². The van der Waals surface area contributed by atoms with E-state index in [4.69, 9.17) is 14.1 Å². The Morgan fingerprint density at radius 1 is 1.03 bits per heavy atom. The molecule has 0 aliphatic carbocycles. The summed E-state index contributed by atoms with van der Waals surface area (Å²) in [7, 11) is -3.28. The quantitative estimate of drug-likeness (QED) is 0.399. The monoisotopic (exact) mass is 534 g/mol. The van der Waals surface area contributed by atoms with Crippen molar-refractivity contribution in [2.24, 2.45) is 0 Å². The predicted octanol–water partition coefficient (Wildman–Crippen LogP) is 4.25. The summed E-state index contributed by atoms with van der Waals surface area (Å²) < 4.78 is 35.9. The molecule has 11 heteroatoms. The van der Waals surface area contributed by atoms with Crippen LogP contribution < -0.4 is 19.9 Å². The maximum Gasteiger partial charge on any atom is 0.298 e. The molecule has 4 aromatic rings. The Hall–Kier alpha value is -3.86. The van der Waals surface area contributed by atoms with Crippen molar-refractivity contribution in [2.75, 3.05) is 47.6 Å². The number of oxazole rings is 1. The summed E-state index contributed by atoms with van der Waals surface area (Å²) in [6.45, 7) is 6.88. The number of hydrogen-bond donors (Lipinski definition) is 1. The molecule has 1 saturated heterocycles. The maximum absolute atomic E-state index is 11.9. The van der Waals surface area contributed by atoms with Gasteiger partial charge in [0, 0.05) is 31.1 Å². The van der Waals surface area contributed by atoms with Gasteiger partial charge < -0.3 is 24.3 Å². The average Bonchev–Trinajstić information content (AvgIpc) is 3.32. The number of benzene rings is 2. The number of aryl methyl sites for hydroxylation is 2. The number of aromatic nitrogens is 3. The summed E-state index contributed by atoms with van der Waals surface area (Å²) in [6, 6.07) is 12.1. The van der Waals surface area contributed by atoms with Crippen LogP contribution >= 0.6 is 0 Å². The van der Waals surface area contributed by atoms with Gasteiger partial charge in [-0.25, -0.2) is 18.4 Å². The second kappa shape index (κ2) is 9.46. The lowest BCUT2D eigenvalue weighted by Crippen LogP contribution is -2.48. The minimum absolute atomic E-state index is 0.284. The molecule has 0 saturated carbocycles. The number of nitrogens with one attached hydrogen (secondary N) is 1. The molecule has 1 N–H and O–H groups in total. The van der Waals surface area contributed by atoms with Crippen LogP contribution in [0.3, 0.4) is 0 Å². The lowest BCUT2D eigenvalue weighted by molar-refractivity contribution is 0.290. The molecule has 0 radical (unpaired) electrons. The third kappa shape index (κ3) is 4.62. The number of anilines is 4. The van der Waals surface area contributed by atoms with E-state index in [1.54, 1.807) is 24.5 Å². The Morgan fingerprint density at radius 3 is 2.61 bits per heavy atom. The Balaban J connectivity index is 1.19. The highest BCUT2D eigenvalue weighted by atomic mass is 32.2. The Bertz CT molecular complexity index is 1610. The fraction of sp³-hybridized carbons (Fsp3) is 0.370. The molecule has 38 heavy (non-hydrogen) atoms. The van der Waals surface area contributed by atoms with Crippen LogP contribution in [0.5, 0.6) is 5.75 Å². The lowest BCUT2D eigenvalue weighted by atomic mass is 10.0. The van der Waals surface area contributed by atoms with Gasteiger partial charge in [-0.1, -0.05) is 6.07 Å². The van der Waals surface area contributed by atoms with Gasteiger partial charge >= 0.3 is 0 Å². The standard InChI is InChI=1S/C27H30N6O4S/c1-17-4-7-23-22(14-17)31-27(37-23)32-10-8-19(9-11-32)33-12-13-36-24-25(28-16-29-26(24)33)30-21-6-5-20(15-18(21)2)38(3,34)35/h4-7,14-16,19H,8-13H2,1-3H3,(H,28,29,30).